The number of nitrogens with one attached hydrogen (secondary N) is 2. The molecule has 2 rings (SSSR count). The smallest absolute Gasteiger partial charge is 0.251 e. The molecule has 144 valence electrons. The minimum absolute atomic E-state index is 0.0967. The van der Waals surface area contributed by atoms with Gasteiger partial charge in [0.1, 0.15) is 0 Å². The number of ketones is 1. The molecule has 2 aromatic rings. The number of unbranched alkanes of at least 4 members (excludes halogenated alkanes) is 1. The number of amides is 1. The van der Waals surface area contributed by atoms with Crippen LogP contribution in [0.4, 0.5) is 0 Å². The summed E-state index contributed by atoms with van der Waals surface area (Å²) in [6, 6.07) is 12.6. The molecule has 2 aromatic carbocycles. The molecule has 1 amide bonds. The summed E-state index contributed by atoms with van der Waals surface area (Å²) in [5.74, 6) is -0.258. The number of rotatable bonds is 9. The van der Waals surface area contributed by atoms with Gasteiger partial charge in [-0.15, -0.1) is 0 Å². The molecular weight excluding hydrogens is 364 g/mol. The van der Waals surface area contributed by atoms with E-state index in [1.54, 1.807) is 24.3 Å². The van der Waals surface area contributed by atoms with Gasteiger partial charge in [0, 0.05) is 24.2 Å². The van der Waals surface area contributed by atoms with Crippen molar-refractivity contribution in [2.75, 3.05) is 6.54 Å². The molecule has 0 fully saturated rings. The van der Waals surface area contributed by atoms with E-state index in [0.29, 0.717) is 17.7 Å². The number of sulfonamides is 1. The van der Waals surface area contributed by atoms with Crippen LogP contribution in [0.5, 0.6) is 0 Å². The van der Waals surface area contributed by atoms with Crippen molar-refractivity contribution in [3.8, 4) is 0 Å². The van der Waals surface area contributed by atoms with E-state index in [2.05, 4.69) is 17.0 Å². The predicted molar refractivity (Wildman–Crippen MR) is 104 cm³/mol. The third-order valence-electron chi connectivity index (χ3n) is 4.07. The highest BCUT2D eigenvalue weighted by Crippen LogP contribution is 2.12. The molecule has 0 aromatic heterocycles. The van der Waals surface area contributed by atoms with Gasteiger partial charge >= 0.3 is 0 Å². The van der Waals surface area contributed by atoms with Crippen molar-refractivity contribution in [2.45, 2.75) is 38.1 Å². The monoisotopic (exact) mass is 388 g/mol. The highest BCUT2D eigenvalue weighted by molar-refractivity contribution is 7.89. The van der Waals surface area contributed by atoms with Crippen molar-refractivity contribution in [3.63, 3.8) is 0 Å². The minimum atomic E-state index is -3.68. The fourth-order valence-electron chi connectivity index (χ4n) is 2.39. The maximum atomic E-state index is 12.3. The highest BCUT2D eigenvalue weighted by atomic mass is 32.2. The van der Waals surface area contributed by atoms with E-state index in [1.807, 2.05) is 0 Å². The van der Waals surface area contributed by atoms with Crippen molar-refractivity contribution >= 4 is 21.7 Å². The molecule has 0 aliphatic carbocycles. The van der Waals surface area contributed by atoms with Crippen LogP contribution in [0.1, 0.15) is 53.0 Å². The summed E-state index contributed by atoms with van der Waals surface area (Å²) in [7, 11) is -3.68. The third-order valence-corrected chi connectivity index (χ3v) is 5.49. The van der Waals surface area contributed by atoms with E-state index in [1.165, 1.54) is 31.2 Å². The zero-order valence-corrected chi connectivity index (χ0v) is 16.3. The molecule has 0 atom stereocenters. The van der Waals surface area contributed by atoms with E-state index in [4.69, 9.17) is 0 Å². The fourth-order valence-corrected chi connectivity index (χ4v) is 3.40. The molecule has 27 heavy (non-hydrogen) atoms. The average Bonchev–Trinajstić information content (AvgIpc) is 2.67. The summed E-state index contributed by atoms with van der Waals surface area (Å²) in [5.41, 5.74) is 1.74. The Morgan fingerprint density at radius 3 is 2.07 bits per heavy atom. The zero-order chi connectivity index (χ0) is 19.9. The van der Waals surface area contributed by atoms with Crippen LogP contribution in [0, 0.1) is 0 Å². The van der Waals surface area contributed by atoms with Crippen molar-refractivity contribution in [1.82, 2.24) is 10.0 Å². The lowest BCUT2D eigenvalue weighted by Crippen LogP contribution is -2.25. The molecule has 0 aliphatic rings. The SMILES string of the molecule is CCCCNC(=O)c1ccc(CNS(=O)(=O)c2ccc(C(C)=O)cc2)cc1. The van der Waals surface area contributed by atoms with Gasteiger partial charge in [-0.3, -0.25) is 9.59 Å². The Hall–Kier alpha value is -2.51. The average molecular weight is 388 g/mol. The summed E-state index contributed by atoms with van der Waals surface area (Å²) in [6.07, 6.45) is 1.94. The highest BCUT2D eigenvalue weighted by Gasteiger charge is 2.14. The molecule has 0 aliphatic heterocycles. The molecule has 0 saturated carbocycles. The Balaban J connectivity index is 1.97. The largest absolute Gasteiger partial charge is 0.352 e. The van der Waals surface area contributed by atoms with E-state index in [0.717, 1.165) is 18.4 Å². The molecule has 0 heterocycles. The Kier molecular flexibility index (Phi) is 7.27. The van der Waals surface area contributed by atoms with Crippen LogP contribution in [0.2, 0.25) is 0 Å². The van der Waals surface area contributed by atoms with Gasteiger partial charge in [0.15, 0.2) is 5.78 Å². The normalized spacial score (nSPS) is 11.2. The number of benzene rings is 2. The Bertz CT molecular complexity index is 889. The van der Waals surface area contributed by atoms with E-state index in [9.17, 15) is 18.0 Å². The number of carbonyl (C=O) groups excluding carboxylic acids is 2. The van der Waals surface area contributed by atoms with Gasteiger partial charge in [-0.2, -0.15) is 0 Å². The first kappa shape index (κ1) is 20.8. The second kappa shape index (κ2) is 9.43. The van der Waals surface area contributed by atoms with Crippen LogP contribution < -0.4 is 10.0 Å². The molecule has 0 saturated heterocycles. The van der Waals surface area contributed by atoms with Crippen molar-refractivity contribution < 1.29 is 18.0 Å². The second-order valence-corrected chi connectivity index (χ2v) is 7.98. The molecule has 0 unspecified atom stereocenters. The van der Waals surface area contributed by atoms with Gasteiger partial charge in [-0.1, -0.05) is 37.6 Å². The first-order chi connectivity index (χ1) is 12.8. The zero-order valence-electron chi connectivity index (χ0n) is 15.5. The topological polar surface area (TPSA) is 92.3 Å². The second-order valence-electron chi connectivity index (χ2n) is 6.21. The van der Waals surface area contributed by atoms with Gasteiger partial charge in [0.2, 0.25) is 10.0 Å². The van der Waals surface area contributed by atoms with Crippen LogP contribution in [0.3, 0.4) is 0 Å². The van der Waals surface area contributed by atoms with Gasteiger partial charge in [-0.25, -0.2) is 13.1 Å². The van der Waals surface area contributed by atoms with Gasteiger partial charge in [0.05, 0.1) is 4.90 Å². The number of hydrogen-bond donors (Lipinski definition) is 2. The van der Waals surface area contributed by atoms with Crippen molar-refractivity contribution in [3.05, 3.63) is 65.2 Å². The summed E-state index contributed by atoms with van der Waals surface area (Å²) in [6.45, 7) is 4.23. The molecule has 0 bridgehead atoms. The number of carbonyl (C=O) groups is 2. The van der Waals surface area contributed by atoms with Crippen LogP contribution in [-0.2, 0) is 16.6 Å². The number of Topliss-reactive ketones (excluding diaryl/α,β-unsaturated/α-hetero) is 1. The van der Waals surface area contributed by atoms with Crippen LogP contribution in [0.15, 0.2) is 53.4 Å². The first-order valence-electron chi connectivity index (χ1n) is 8.81. The van der Waals surface area contributed by atoms with Gasteiger partial charge in [-0.05, 0) is 43.2 Å². The quantitative estimate of drug-likeness (QED) is 0.510. The van der Waals surface area contributed by atoms with E-state index >= 15 is 0 Å². The van der Waals surface area contributed by atoms with Crippen LogP contribution >= 0.6 is 0 Å². The molecule has 0 radical (unpaired) electrons. The van der Waals surface area contributed by atoms with E-state index in [-0.39, 0.29) is 23.1 Å². The summed E-state index contributed by atoms with van der Waals surface area (Å²) in [4.78, 5) is 23.3. The molecule has 2 N–H and O–H groups in total. The molecule has 7 heteroatoms. The summed E-state index contributed by atoms with van der Waals surface area (Å²) < 4.78 is 27.2. The summed E-state index contributed by atoms with van der Waals surface area (Å²) >= 11 is 0. The lowest BCUT2D eigenvalue weighted by Gasteiger charge is -2.08. The van der Waals surface area contributed by atoms with Crippen LogP contribution in [-0.4, -0.2) is 26.7 Å². The maximum Gasteiger partial charge on any atom is 0.251 e. The maximum absolute atomic E-state index is 12.3. The Labute approximate surface area is 160 Å². The standard InChI is InChI=1S/C20H24N2O4S/c1-3-4-13-21-20(24)18-7-5-16(6-8-18)14-22-27(25,26)19-11-9-17(10-12-19)15(2)23/h5-12,22H,3-4,13-14H2,1-2H3,(H,21,24). The third kappa shape index (κ3) is 6.01. The Morgan fingerprint density at radius 1 is 0.926 bits per heavy atom. The lowest BCUT2D eigenvalue weighted by atomic mass is 10.1. The first-order valence-corrected chi connectivity index (χ1v) is 10.3. The van der Waals surface area contributed by atoms with E-state index < -0.39 is 10.0 Å². The lowest BCUT2D eigenvalue weighted by molar-refractivity contribution is 0.0952. The van der Waals surface area contributed by atoms with Gasteiger partial charge < -0.3 is 5.32 Å². The summed E-state index contributed by atoms with van der Waals surface area (Å²) in [5, 5.41) is 2.84. The molecule has 6 nitrogen and oxygen atoms in total. The predicted octanol–water partition coefficient (Wildman–Crippen LogP) is 2.90. The number of hydrogen-bond acceptors (Lipinski definition) is 4. The van der Waals surface area contributed by atoms with Crippen molar-refractivity contribution in [2.24, 2.45) is 0 Å². The molecule has 0 spiro atoms. The Morgan fingerprint density at radius 2 is 1.52 bits per heavy atom. The molecular formula is C20H24N2O4S. The van der Waals surface area contributed by atoms with Crippen LogP contribution in [0.25, 0.3) is 0 Å². The fraction of sp³-hybridized carbons (Fsp3) is 0.300. The van der Waals surface area contributed by atoms with Gasteiger partial charge in [0.25, 0.3) is 5.91 Å². The minimum Gasteiger partial charge on any atom is -0.352 e. The van der Waals surface area contributed by atoms with Crippen molar-refractivity contribution in [1.29, 1.82) is 0 Å².